The molecule has 0 atom stereocenters. The number of rotatable bonds is 13. The highest BCUT2D eigenvalue weighted by molar-refractivity contribution is 7.99. The van der Waals surface area contributed by atoms with Crippen LogP contribution in [0, 0.1) is 0 Å². The first-order valence-corrected chi connectivity index (χ1v) is 18.2. The van der Waals surface area contributed by atoms with Crippen LogP contribution in [0.2, 0.25) is 0 Å². The van der Waals surface area contributed by atoms with Crippen LogP contribution in [0.1, 0.15) is 11.1 Å². The molecule has 0 spiro atoms. The summed E-state index contributed by atoms with van der Waals surface area (Å²) in [6, 6.07) is 41.6. The molecule has 1 aromatic heterocycles. The van der Waals surface area contributed by atoms with E-state index in [1.807, 2.05) is 66.7 Å². The average Bonchev–Trinajstić information content (AvgIpc) is 3.38. The van der Waals surface area contributed by atoms with Crippen molar-refractivity contribution in [2.75, 3.05) is 12.3 Å². The lowest BCUT2D eigenvalue weighted by Gasteiger charge is -2.23. The Labute approximate surface area is 278 Å². The molecule has 0 aliphatic rings. The maximum Gasteiger partial charge on any atom is 0.250 e. The molecule has 6 aromatic rings. The Hall–Kier alpha value is -4.06. The molecule has 0 bridgehead atoms. The van der Waals surface area contributed by atoms with Gasteiger partial charge in [0.1, 0.15) is 6.54 Å². The number of carbonyl (C=O) groups is 1. The number of aromatic nitrogens is 1. The fourth-order valence-electron chi connectivity index (χ4n) is 5.45. The van der Waals surface area contributed by atoms with Crippen LogP contribution < -0.4 is 9.86 Å². The first kappa shape index (κ1) is 31.9. The maximum absolute atomic E-state index is 13.0. The molecular weight excluding hydrogens is 633 g/mol. The van der Waals surface area contributed by atoms with Gasteiger partial charge in [0.05, 0.1) is 4.90 Å². The highest BCUT2D eigenvalue weighted by Gasteiger charge is 2.14. The summed E-state index contributed by atoms with van der Waals surface area (Å²) in [5.74, 6) is 0.835. The Morgan fingerprint density at radius 3 is 1.83 bits per heavy atom. The molecule has 3 N–H and O–H groups in total. The second kappa shape index (κ2) is 14.6. The van der Waals surface area contributed by atoms with E-state index in [0.717, 1.165) is 56.7 Å². The molecule has 1 amide bonds. The van der Waals surface area contributed by atoms with Crippen molar-refractivity contribution in [3.63, 3.8) is 0 Å². The molecule has 0 saturated carbocycles. The third-order valence-corrected chi connectivity index (χ3v) is 10.4. The fourth-order valence-corrected chi connectivity index (χ4v) is 7.47. The van der Waals surface area contributed by atoms with Gasteiger partial charge in [0.15, 0.2) is 0 Å². The number of nitrogens with one attached hydrogen (secondary N) is 1. The molecule has 5 aromatic carbocycles. The summed E-state index contributed by atoms with van der Waals surface area (Å²) in [5.41, 5.74) is 4.24. The number of carbonyl (C=O) groups excluding carboxylic acids is 1. The lowest BCUT2D eigenvalue weighted by molar-refractivity contribution is -0.119. The van der Waals surface area contributed by atoms with E-state index < -0.39 is 10.0 Å². The number of nitrogens with two attached hydrogens (primary N) is 1. The van der Waals surface area contributed by atoms with Crippen molar-refractivity contribution in [2.24, 2.45) is 5.14 Å². The van der Waals surface area contributed by atoms with Crippen LogP contribution in [0.25, 0.3) is 21.8 Å². The van der Waals surface area contributed by atoms with Crippen LogP contribution in [0.5, 0.6) is 0 Å². The van der Waals surface area contributed by atoms with E-state index in [2.05, 4.69) is 62.7 Å². The number of hydrogen-bond acceptors (Lipinski definition) is 6. The molecule has 7 nitrogen and oxygen atoms in total. The minimum atomic E-state index is -3.73. The van der Waals surface area contributed by atoms with Crippen LogP contribution in [0.3, 0.4) is 0 Å². The van der Waals surface area contributed by atoms with Gasteiger partial charge in [0.25, 0.3) is 0 Å². The normalized spacial score (nSPS) is 11.8. The number of thioether (sulfide) groups is 1. The Morgan fingerprint density at radius 1 is 0.696 bits per heavy atom. The summed E-state index contributed by atoms with van der Waals surface area (Å²) in [6.07, 6.45) is 0. The van der Waals surface area contributed by atoms with Gasteiger partial charge >= 0.3 is 0 Å². The van der Waals surface area contributed by atoms with E-state index in [1.165, 1.54) is 16.8 Å². The minimum absolute atomic E-state index is 0.0730. The SMILES string of the molecule is NS(=O)(=O)c1ccc(CN(CCSc2ccccc2)Cc2ccc(SNC(=O)Cn3c4ccccc4c4ccccc43)cc2)cc1. The summed E-state index contributed by atoms with van der Waals surface area (Å²) in [5, 5.41) is 7.57. The van der Waals surface area contributed by atoms with Crippen molar-refractivity contribution < 1.29 is 13.2 Å². The number of para-hydroxylation sites is 2. The Balaban J connectivity index is 1.08. The van der Waals surface area contributed by atoms with Crippen molar-refractivity contribution in [3.05, 3.63) is 139 Å². The quantitative estimate of drug-likeness (QED) is 0.101. The van der Waals surface area contributed by atoms with Crippen molar-refractivity contribution in [2.45, 2.75) is 34.3 Å². The van der Waals surface area contributed by atoms with Gasteiger partial charge in [-0.25, -0.2) is 13.6 Å². The molecule has 0 unspecified atom stereocenters. The van der Waals surface area contributed by atoms with Crippen molar-refractivity contribution in [1.82, 2.24) is 14.2 Å². The Bertz CT molecular complexity index is 1990. The zero-order chi connectivity index (χ0) is 31.9. The molecule has 10 heteroatoms. The standard InChI is InChI=1S/C36H34N4O3S3/c37-46(42,43)31-20-16-28(17-21-31)25-39(22-23-44-29-8-2-1-3-9-29)24-27-14-18-30(19-15-27)45-38-36(41)26-40-34-12-6-4-10-32(34)33-11-5-7-13-35(33)40/h1-21H,22-26H2,(H,38,41)(H2,37,42,43). The molecule has 0 fully saturated rings. The molecule has 0 aliphatic heterocycles. The molecule has 0 radical (unpaired) electrons. The predicted octanol–water partition coefficient (Wildman–Crippen LogP) is 7.06. The van der Waals surface area contributed by atoms with Crippen LogP contribution in [0.15, 0.2) is 142 Å². The van der Waals surface area contributed by atoms with Crippen molar-refractivity contribution in [3.8, 4) is 0 Å². The van der Waals surface area contributed by atoms with Crippen molar-refractivity contribution in [1.29, 1.82) is 0 Å². The van der Waals surface area contributed by atoms with Gasteiger partial charge in [-0.15, -0.1) is 11.8 Å². The van der Waals surface area contributed by atoms with Gasteiger partial charge in [-0.1, -0.05) is 78.9 Å². The topological polar surface area (TPSA) is 97.4 Å². The van der Waals surface area contributed by atoms with E-state index in [0.29, 0.717) is 6.54 Å². The summed E-state index contributed by atoms with van der Waals surface area (Å²) in [4.78, 5) is 17.7. The molecule has 0 saturated heterocycles. The zero-order valence-electron chi connectivity index (χ0n) is 25.1. The van der Waals surface area contributed by atoms with Gasteiger partial charge < -0.3 is 4.57 Å². The molecule has 0 aliphatic carbocycles. The van der Waals surface area contributed by atoms with Gasteiger partial charge in [-0.05, 0) is 71.6 Å². The average molecular weight is 667 g/mol. The molecule has 6 rings (SSSR count). The van der Waals surface area contributed by atoms with Gasteiger partial charge in [-0.2, -0.15) is 0 Å². The second-order valence-electron chi connectivity index (χ2n) is 11.0. The summed E-state index contributed by atoms with van der Waals surface area (Å²) in [7, 11) is -3.73. The number of sulfonamides is 1. The lowest BCUT2D eigenvalue weighted by Crippen LogP contribution is -2.25. The maximum atomic E-state index is 13.0. The van der Waals surface area contributed by atoms with Gasteiger partial charge in [-0.3, -0.25) is 14.4 Å². The van der Waals surface area contributed by atoms with E-state index in [9.17, 15) is 13.2 Å². The summed E-state index contributed by atoms with van der Waals surface area (Å²) >= 11 is 3.12. The first-order valence-electron chi connectivity index (χ1n) is 14.9. The van der Waals surface area contributed by atoms with E-state index in [-0.39, 0.29) is 17.3 Å². The first-order chi connectivity index (χ1) is 22.3. The summed E-state index contributed by atoms with van der Waals surface area (Å²) < 4.78 is 28.5. The highest BCUT2D eigenvalue weighted by Crippen LogP contribution is 2.29. The van der Waals surface area contributed by atoms with Gasteiger partial charge in [0.2, 0.25) is 15.9 Å². The lowest BCUT2D eigenvalue weighted by atomic mass is 10.1. The number of primary sulfonamides is 1. The second-order valence-corrected chi connectivity index (χ2v) is 14.6. The van der Waals surface area contributed by atoms with E-state index in [4.69, 9.17) is 5.14 Å². The van der Waals surface area contributed by atoms with Gasteiger partial charge in [0, 0.05) is 57.0 Å². The predicted molar refractivity (Wildman–Crippen MR) is 189 cm³/mol. The van der Waals surface area contributed by atoms with E-state index in [1.54, 1.807) is 23.9 Å². The van der Waals surface area contributed by atoms with E-state index >= 15 is 0 Å². The van der Waals surface area contributed by atoms with Crippen LogP contribution in [-0.4, -0.2) is 36.1 Å². The third kappa shape index (κ3) is 8.01. The smallest absolute Gasteiger partial charge is 0.250 e. The van der Waals surface area contributed by atoms with Crippen molar-refractivity contribution >= 4 is 61.4 Å². The largest absolute Gasteiger partial charge is 0.331 e. The zero-order valence-corrected chi connectivity index (χ0v) is 27.5. The molecule has 46 heavy (non-hydrogen) atoms. The molecule has 1 heterocycles. The minimum Gasteiger partial charge on any atom is -0.331 e. The number of nitrogens with zero attached hydrogens (tertiary/aromatic N) is 2. The van der Waals surface area contributed by atoms with Crippen LogP contribution in [-0.2, 0) is 34.5 Å². The fraction of sp³-hybridized carbons (Fsp3) is 0.139. The molecule has 234 valence electrons. The Kier molecular flexibility index (Phi) is 10.1. The number of fused-ring (bicyclic) bond motifs is 3. The van der Waals surface area contributed by atoms with Crippen LogP contribution >= 0.6 is 23.7 Å². The monoisotopic (exact) mass is 666 g/mol. The Morgan fingerprint density at radius 2 is 1.24 bits per heavy atom. The van der Waals surface area contributed by atoms with Crippen LogP contribution in [0.4, 0.5) is 0 Å². The number of hydrogen-bond donors (Lipinski definition) is 2. The molecular formula is C36H34N4O3S3. The highest BCUT2D eigenvalue weighted by atomic mass is 32.2. The third-order valence-electron chi connectivity index (χ3n) is 7.67. The number of benzene rings is 5. The number of amides is 1. The summed E-state index contributed by atoms with van der Waals surface area (Å²) in [6.45, 7) is 2.45.